The van der Waals surface area contributed by atoms with Crippen molar-refractivity contribution in [2.75, 3.05) is 7.05 Å². The third-order valence-corrected chi connectivity index (χ3v) is 4.46. The van der Waals surface area contributed by atoms with Crippen molar-refractivity contribution < 1.29 is 12.8 Å². The van der Waals surface area contributed by atoms with Crippen LogP contribution in [0.4, 0.5) is 4.39 Å². The van der Waals surface area contributed by atoms with Gasteiger partial charge in [0.15, 0.2) is 0 Å². The van der Waals surface area contributed by atoms with Crippen LogP contribution in [0.5, 0.6) is 0 Å². The third kappa shape index (κ3) is 2.62. The summed E-state index contributed by atoms with van der Waals surface area (Å²) in [6, 6.07) is 4.62. The van der Waals surface area contributed by atoms with Gasteiger partial charge in [0.1, 0.15) is 11.9 Å². The number of benzene rings is 1. The van der Waals surface area contributed by atoms with Gasteiger partial charge in [0.25, 0.3) is 0 Å². The van der Waals surface area contributed by atoms with Gasteiger partial charge in [0.05, 0.1) is 11.0 Å². The predicted octanol–water partition coefficient (Wildman–Crippen LogP) is 1.67. The van der Waals surface area contributed by atoms with Crippen molar-refractivity contribution in [3.05, 3.63) is 29.6 Å². The predicted molar refractivity (Wildman–Crippen MR) is 61.2 cm³/mol. The number of nitrogens with zero attached hydrogens (tertiary/aromatic N) is 2. The molecule has 1 aromatic rings. The molecule has 92 valence electrons. The molecule has 0 aliphatic rings. The maximum absolute atomic E-state index is 13.1. The molecule has 1 rings (SSSR count). The molecule has 17 heavy (non-hydrogen) atoms. The Bertz CT molecular complexity index is 563. The number of rotatable bonds is 3. The van der Waals surface area contributed by atoms with Gasteiger partial charge in [-0.15, -0.1) is 0 Å². The lowest BCUT2D eigenvalue weighted by Gasteiger charge is -2.19. The van der Waals surface area contributed by atoms with Gasteiger partial charge in [-0.05, 0) is 37.6 Å². The Morgan fingerprint density at radius 3 is 2.53 bits per heavy atom. The fourth-order valence-corrected chi connectivity index (χ4v) is 2.60. The van der Waals surface area contributed by atoms with Crippen molar-refractivity contribution in [3.8, 4) is 6.07 Å². The fourth-order valence-electron chi connectivity index (χ4n) is 1.23. The molecule has 0 saturated carbocycles. The van der Waals surface area contributed by atoms with E-state index in [1.807, 2.05) is 6.07 Å². The van der Waals surface area contributed by atoms with Gasteiger partial charge in [0.2, 0.25) is 10.0 Å². The van der Waals surface area contributed by atoms with E-state index in [1.54, 1.807) is 0 Å². The molecule has 0 aliphatic carbocycles. The second kappa shape index (κ2) is 4.82. The number of sulfonamides is 1. The van der Waals surface area contributed by atoms with E-state index in [4.69, 9.17) is 5.26 Å². The number of hydrogen-bond donors (Lipinski definition) is 0. The van der Waals surface area contributed by atoms with Crippen LogP contribution in [0.15, 0.2) is 23.1 Å². The van der Waals surface area contributed by atoms with Gasteiger partial charge in [-0.1, -0.05) is 0 Å². The molecule has 0 aromatic heterocycles. The van der Waals surface area contributed by atoms with Crippen LogP contribution in [-0.4, -0.2) is 25.8 Å². The van der Waals surface area contributed by atoms with Gasteiger partial charge in [-0.2, -0.15) is 9.57 Å². The van der Waals surface area contributed by atoms with Crippen molar-refractivity contribution in [3.63, 3.8) is 0 Å². The molecule has 6 heteroatoms. The van der Waals surface area contributed by atoms with Crippen molar-refractivity contribution in [2.45, 2.75) is 24.8 Å². The normalized spacial score (nSPS) is 13.4. The molecule has 0 saturated heterocycles. The molecule has 1 atom stereocenters. The first-order chi connectivity index (χ1) is 7.80. The highest BCUT2D eigenvalue weighted by atomic mass is 32.2. The quantitative estimate of drug-likeness (QED) is 0.826. The first-order valence-electron chi connectivity index (χ1n) is 4.94. The van der Waals surface area contributed by atoms with Crippen molar-refractivity contribution >= 4 is 10.0 Å². The Morgan fingerprint density at radius 1 is 1.47 bits per heavy atom. The van der Waals surface area contributed by atoms with Gasteiger partial charge >= 0.3 is 0 Å². The van der Waals surface area contributed by atoms with E-state index in [0.717, 1.165) is 10.4 Å². The highest BCUT2D eigenvalue weighted by Gasteiger charge is 2.25. The van der Waals surface area contributed by atoms with E-state index in [9.17, 15) is 12.8 Å². The average molecular weight is 256 g/mol. The van der Waals surface area contributed by atoms with Gasteiger partial charge in [0, 0.05) is 7.05 Å². The van der Waals surface area contributed by atoms with Crippen LogP contribution in [0.2, 0.25) is 0 Å². The van der Waals surface area contributed by atoms with E-state index in [1.165, 1.54) is 33.0 Å². The number of aryl methyl sites for hydroxylation is 1. The van der Waals surface area contributed by atoms with Crippen LogP contribution < -0.4 is 0 Å². The first-order valence-corrected chi connectivity index (χ1v) is 6.38. The van der Waals surface area contributed by atoms with Crippen LogP contribution in [0.25, 0.3) is 0 Å². The molecular formula is C11H13FN2O2S. The molecular weight excluding hydrogens is 243 g/mol. The Balaban J connectivity index is 3.23. The summed E-state index contributed by atoms with van der Waals surface area (Å²) in [5.74, 6) is -0.458. The Kier molecular flexibility index (Phi) is 3.86. The molecule has 4 nitrogen and oxygen atoms in total. The average Bonchev–Trinajstić information content (AvgIpc) is 2.30. The minimum Gasteiger partial charge on any atom is -0.207 e. The van der Waals surface area contributed by atoms with Crippen LogP contribution in [-0.2, 0) is 10.0 Å². The maximum atomic E-state index is 13.1. The highest BCUT2D eigenvalue weighted by molar-refractivity contribution is 7.89. The molecule has 0 radical (unpaired) electrons. The summed E-state index contributed by atoms with van der Waals surface area (Å²) in [6.45, 7) is 2.97. The monoisotopic (exact) mass is 256 g/mol. The van der Waals surface area contributed by atoms with Gasteiger partial charge in [-0.25, -0.2) is 12.8 Å². The zero-order valence-electron chi connectivity index (χ0n) is 9.81. The minimum absolute atomic E-state index is 0.0130. The summed E-state index contributed by atoms with van der Waals surface area (Å²) >= 11 is 0. The zero-order chi connectivity index (χ0) is 13.2. The second-order valence-electron chi connectivity index (χ2n) is 3.74. The summed E-state index contributed by atoms with van der Waals surface area (Å²) in [6.07, 6.45) is 0. The molecule has 0 fully saturated rings. The minimum atomic E-state index is -3.75. The fraction of sp³-hybridized carbons (Fsp3) is 0.364. The van der Waals surface area contributed by atoms with Crippen LogP contribution in [0, 0.1) is 24.1 Å². The lowest BCUT2D eigenvalue weighted by Crippen LogP contribution is -2.34. The lowest BCUT2D eigenvalue weighted by molar-refractivity contribution is 0.442. The van der Waals surface area contributed by atoms with E-state index in [-0.39, 0.29) is 10.5 Å². The van der Waals surface area contributed by atoms with Crippen molar-refractivity contribution in [2.24, 2.45) is 0 Å². The second-order valence-corrected chi connectivity index (χ2v) is 5.73. The van der Waals surface area contributed by atoms with E-state index >= 15 is 0 Å². The number of nitriles is 1. The molecule has 0 aliphatic heterocycles. The Hall–Kier alpha value is -1.45. The summed E-state index contributed by atoms with van der Waals surface area (Å²) < 4.78 is 38.1. The SMILES string of the molecule is Cc1cc(S(=O)(=O)N(C)C(C)C#N)ccc1F. The smallest absolute Gasteiger partial charge is 0.207 e. The largest absolute Gasteiger partial charge is 0.244 e. The van der Waals surface area contributed by atoms with Crippen molar-refractivity contribution in [1.82, 2.24) is 4.31 Å². The summed E-state index contributed by atoms with van der Waals surface area (Å²) in [5.41, 5.74) is 0.254. The molecule has 0 N–H and O–H groups in total. The van der Waals surface area contributed by atoms with Crippen LogP contribution >= 0.6 is 0 Å². The van der Waals surface area contributed by atoms with Gasteiger partial charge in [-0.3, -0.25) is 0 Å². The summed E-state index contributed by atoms with van der Waals surface area (Å²) in [7, 11) is -2.42. The molecule has 0 amide bonds. The molecule has 1 aromatic carbocycles. The van der Waals surface area contributed by atoms with E-state index < -0.39 is 21.9 Å². The Morgan fingerprint density at radius 2 is 2.06 bits per heavy atom. The highest BCUT2D eigenvalue weighted by Crippen LogP contribution is 2.19. The Labute approximate surface area is 100 Å². The van der Waals surface area contributed by atoms with Crippen molar-refractivity contribution in [1.29, 1.82) is 5.26 Å². The van der Waals surface area contributed by atoms with Gasteiger partial charge < -0.3 is 0 Å². The number of hydrogen-bond acceptors (Lipinski definition) is 3. The summed E-state index contributed by atoms with van der Waals surface area (Å²) in [5, 5.41) is 8.70. The van der Waals surface area contributed by atoms with Crippen LogP contribution in [0.3, 0.4) is 0 Å². The van der Waals surface area contributed by atoms with E-state index in [2.05, 4.69) is 0 Å². The number of halogens is 1. The molecule has 1 unspecified atom stereocenters. The van der Waals surface area contributed by atoms with E-state index in [0.29, 0.717) is 0 Å². The zero-order valence-corrected chi connectivity index (χ0v) is 10.6. The lowest BCUT2D eigenvalue weighted by atomic mass is 10.2. The first kappa shape index (κ1) is 13.6. The molecule has 0 heterocycles. The topological polar surface area (TPSA) is 61.2 Å². The molecule has 0 bridgehead atoms. The standard InChI is InChI=1S/C11H13FN2O2S/c1-8-6-10(4-5-11(8)12)17(15,16)14(3)9(2)7-13/h4-6,9H,1-3H3. The molecule has 0 spiro atoms. The third-order valence-electron chi connectivity index (χ3n) is 2.54. The maximum Gasteiger partial charge on any atom is 0.244 e. The summed E-state index contributed by atoms with van der Waals surface area (Å²) in [4.78, 5) is -0.0130. The van der Waals surface area contributed by atoms with Crippen LogP contribution in [0.1, 0.15) is 12.5 Å².